The first-order chi connectivity index (χ1) is 14.8. The van der Waals surface area contributed by atoms with E-state index in [1.807, 2.05) is 36.6 Å². The minimum absolute atomic E-state index is 0.152. The molecule has 0 aliphatic rings. The summed E-state index contributed by atoms with van der Waals surface area (Å²) in [5.41, 5.74) is 3.81. The maximum absolute atomic E-state index is 11.5. The van der Waals surface area contributed by atoms with Crippen LogP contribution in [0.2, 0.25) is 25.7 Å². The van der Waals surface area contributed by atoms with Crippen molar-refractivity contribution in [3.63, 3.8) is 0 Å². The van der Waals surface area contributed by atoms with Gasteiger partial charge in [0, 0.05) is 38.9 Å². The summed E-state index contributed by atoms with van der Waals surface area (Å²) < 4.78 is 8.22. The number of anilines is 1. The largest absolute Gasteiger partial charge is 0.361 e. The van der Waals surface area contributed by atoms with Crippen LogP contribution in [-0.2, 0) is 16.3 Å². The molecular weight excluding hydrogens is 424 g/mol. The Bertz CT molecular complexity index is 1030. The summed E-state index contributed by atoms with van der Waals surface area (Å²) in [6.07, 6.45) is 3.73. The van der Waals surface area contributed by atoms with Gasteiger partial charge >= 0.3 is 0 Å². The van der Waals surface area contributed by atoms with E-state index in [1.165, 1.54) is 6.92 Å². The van der Waals surface area contributed by atoms with Gasteiger partial charge in [0.25, 0.3) is 0 Å². The van der Waals surface area contributed by atoms with Crippen molar-refractivity contribution < 1.29 is 9.53 Å². The molecule has 2 heterocycles. The highest BCUT2D eigenvalue weighted by Crippen LogP contribution is 2.36. The van der Waals surface area contributed by atoms with Gasteiger partial charge in [0.05, 0.1) is 11.4 Å². The standard InChI is InChI=1S/C23H30N4O2SSi/c1-17(28)25-20-15-19(11-12-24-20)22-21(18-9-7-6-8-10-18)26-23(30-2)27(22)16-29-13-14-31(3,4)5/h6-12,15H,13-14,16H2,1-5H3,(H,24,25,28). The second-order valence-electron chi connectivity index (χ2n) is 8.55. The number of amides is 1. The van der Waals surface area contributed by atoms with Gasteiger partial charge in [-0.2, -0.15) is 0 Å². The predicted molar refractivity (Wildman–Crippen MR) is 131 cm³/mol. The molecular formula is C23H30N4O2SSi. The molecule has 1 N–H and O–H groups in total. The number of rotatable bonds is 9. The van der Waals surface area contributed by atoms with Gasteiger partial charge < -0.3 is 10.1 Å². The number of thioether (sulfide) groups is 1. The quantitative estimate of drug-likeness (QED) is 0.259. The summed E-state index contributed by atoms with van der Waals surface area (Å²) >= 11 is 1.59. The van der Waals surface area contributed by atoms with Crippen LogP contribution in [0.15, 0.2) is 53.8 Å². The Morgan fingerprint density at radius 3 is 2.55 bits per heavy atom. The van der Waals surface area contributed by atoms with Gasteiger partial charge in [0.2, 0.25) is 5.91 Å². The number of nitrogens with zero attached hydrogens (tertiary/aromatic N) is 3. The summed E-state index contributed by atoms with van der Waals surface area (Å²) in [6.45, 7) is 9.68. The molecule has 0 radical (unpaired) electrons. The molecule has 0 aliphatic heterocycles. The lowest BCUT2D eigenvalue weighted by molar-refractivity contribution is -0.114. The highest BCUT2D eigenvalue weighted by atomic mass is 32.2. The fourth-order valence-corrected chi connectivity index (χ4v) is 4.46. The van der Waals surface area contributed by atoms with Crippen LogP contribution in [0.4, 0.5) is 5.82 Å². The van der Waals surface area contributed by atoms with E-state index in [1.54, 1.807) is 18.0 Å². The summed E-state index contributed by atoms with van der Waals surface area (Å²) in [6, 6.07) is 15.1. The van der Waals surface area contributed by atoms with Crippen LogP contribution in [0.25, 0.3) is 22.5 Å². The van der Waals surface area contributed by atoms with E-state index in [4.69, 9.17) is 9.72 Å². The lowest BCUT2D eigenvalue weighted by Gasteiger charge is -2.17. The van der Waals surface area contributed by atoms with Crippen molar-refractivity contribution in [3.8, 4) is 22.5 Å². The molecule has 1 amide bonds. The second-order valence-corrected chi connectivity index (χ2v) is 14.9. The van der Waals surface area contributed by atoms with Crippen LogP contribution in [0, 0.1) is 0 Å². The molecule has 0 fully saturated rings. The van der Waals surface area contributed by atoms with E-state index >= 15 is 0 Å². The Morgan fingerprint density at radius 2 is 1.90 bits per heavy atom. The van der Waals surface area contributed by atoms with Crippen molar-refractivity contribution in [2.24, 2.45) is 0 Å². The molecule has 31 heavy (non-hydrogen) atoms. The molecule has 164 valence electrons. The van der Waals surface area contributed by atoms with Crippen LogP contribution < -0.4 is 5.32 Å². The van der Waals surface area contributed by atoms with Crippen LogP contribution in [0.5, 0.6) is 0 Å². The molecule has 6 nitrogen and oxygen atoms in total. The molecule has 1 aromatic carbocycles. The van der Waals surface area contributed by atoms with Gasteiger partial charge in [-0.05, 0) is 24.4 Å². The van der Waals surface area contributed by atoms with Crippen molar-refractivity contribution in [2.75, 3.05) is 18.2 Å². The van der Waals surface area contributed by atoms with Crippen LogP contribution in [-0.4, -0.2) is 41.4 Å². The molecule has 0 aliphatic carbocycles. The number of imidazole rings is 1. The number of ether oxygens (including phenoxy) is 1. The zero-order valence-electron chi connectivity index (χ0n) is 18.8. The Morgan fingerprint density at radius 1 is 1.16 bits per heavy atom. The van der Waals surface area contributed by atoms with Gasteiger partial charge in [0.15, 0.2) is 5.16 Å². The van der Waals surface area contributed by atoms with Crippen molar-refractivity contribution >= 4 is 31.6 Å². The molecule has 3 aromatic rings. The summed E-state index contributed by atoms with van der Waals surface area (Å²) in [7, 11) is -1.17. The van der Waals surface area contributed by atoms with Gasteiger partial charge in [0.1, 0.15) is 12.5 Å². The first-order valence-corrected chi connectivity index (χ1v) is 15.2. The smallest absolute Gasteiger partial charge is 0.222 e. The molecule has 2 aromatic heterocycles. The van der Waals surface area contributed by atoms with E-state index in [2.05, 4.69) is 46.6 Å². The predicted octanol–water partition coefficient (Wildman–Crippen LogP) is 5.60. The Balaban J connectivity index is 2.05. The molecule has 0 saturated carbocycles. The highest BCUT2D eigenvalue weighted by molar-refractivity contribution is 7.98. The summed E-state index contributed by atoms with van der Waals surface area (Å²) in [5.74, 6) is 0.364. The summed E-state index contributed by atoms with van der Waals surface area (Å²) in [5, 5.41) is 3.66. The molecule has 0 bridgehead atoms. The molecule has 0 saturated heterocycles. The zero-order chi connectivity index (χ0) is 22.4. The zero-order valence-corrected chi connectivity index (χ0v) is 20.6. The number of nitrogens with one attached hydrogen (secondary N) is 1. The van der Waals surface area contributed by atoms with E-state index in [0.29, 0.717) is 12.5 Å². The fraction of sp³-hybridized carbons (Fsp3) is 0.348. The van der Waals surface area contributed by atoms with Gasteiger partial charge in [-0.1, -0.05) is 61.7 Å². The third-order valence-electron chi connectivity index (χ3n) is 4.72. The lowest BCUT2D eigenvalue weighted by Crippen LogP contribution is -2.22. The minimum atomic E-state index is -1.17. The molecule has 0 unspecified atom stereocenters. The fourth-order valence-electron chi connectivity index (χ4n) is 3.16. The molecule has 8 heteroatoms. The average Bonchev–Trinajstić information content (AvgIpc) is 3.09. The third kappa shape index (κ3) is 6.28. The van der Waals surface area contributed by atoms with Crippen LogP contribution in [0.1, 0.15) is 6.92 Å². The number of hydrogen-bond acceptors (Lipinski definition) is 5. The minimum Gasteiger partial charge on any atom is -0.361 e. The van der Waals surface area contributed by atoms with Gasteiger partial charge in [-0.15, -0.1) is 0 Å². The number of benzene rings is 1. The topological polar surface area (TPSA) is 69.0 Å². The number of hydrogen-bond donors (Lipinski definition) is 1. The van der Waals surface area contributed by atoms with Gasteiger partial charge in [-0.3, -0.25) is 9.36 Å². The lowest BCUT2D eigenvalue weighted by atomic mass is 10.1. The van der Waals surface area contributed by atoms with Gasteiger partial charge in [-0.25, -0.2) is 9.97 Å². The maximum atomic E-state index is 11.5. The van der Waals surface area contributed by atoms with Crippen molar-refractivity contribution in [3.05, 3.63) is 48.7 Å². The van der Waals surface area contributed by atoms with Crippen LogP contribution >= 0.6 is 11.8 Å². The van der Waals surface area contributed by atoms with Crippen molar-refractivity contribution in [1.82, 2.24) is 14.5 Å². The van der Waals surface area contributed by atoms with Crippen molar-refractivity contribution in [1.29, 1.82) is 0 Å². The highest BCUT2D eigenvalue weighted by Gasteiger charge is 2.21. The van der Waals surface area contributed by atoms with E-state index < -0.39 is 8.07 Å². The van der Waals surface area contributed by atoms with Crippen LogP contribution in [0.3, 0.4) is 0 Å². The monoisotopic (exact) mass is 454 g/mol. The van der Waals surface area contributed by atoms with Crippen molar-refractivity contribution in [2.45, 2.75) is 44.5 Å². The third-order valence-corrected chi connectivity index (χ3v) is 7.10. The Hall–Kier alpha value is -2.42. The van der Waals surface area contributed by atoms with E-state index in [0.717, 1.165) is 40.3 Å². The second kappa shape index (κ2) is 10.3. The first kappa shape index (κ1) is 23.2. The number of pyridine rings is 1. The summed E-state index contributed by atoms with van der Waals surface area (Å²) in [4.78, 5) is 20.7. The number of aromatic nitrogens is 3. The van der Waals surface area contributed by atoms with E-state index in [9.17, 15) is 4.79 Å². The normalized spacial score (nSPS) is 11.5. The number of carbonyl (C=O) groups excluding carboxylic acids is 1. The average molecular weight is 455 g/mol. The number of carbonyl (C=O) groups is 1. The SMILES string of the molecule is CSc1nc(-c2ccccc2)c(-c2ccnc(NC(C)=O)c2)n1COCC[Si](C)(C)C. The molecule has 0 atom stereocenters. The first-order valence-electron chi connectivity index (χ1n) is 10.3. The molecule has 0 spiro atoms. The Kier molecular flexibility index (Phi) is 7.69. The van der Waals surface area contributed by atoms with E-state index in [-0.39, 0.29) is 5.91 Å². The molecule has 3 rings (SSSR count). The Labute approximate surface area is 189 Å². The maximum Gasteiger partial charge on any atom is 0.222 e.